The quantitative estimate of drug-likeness (QED) is 0.744. The standard InChI is InChI=1S/C13H13NO4/c15-12(10-11(18-10)13(16)17)14-9-5-7-3-1-2-4-8(7)6-9/h1-4,9-11H,5-6H2,(H,14,15)(H,16,17)/t10-,11-/m0/s1. The van der Waals surface area contributed by atoms with E-state index in [1.54, 1.807) is 0 Å². The third-order valence-electron chi connectivity index (χ3n) is 3.39. The number of hydrogen-bond acceptors (Lipinski definition) is 3. The highest BCUT2D eigenvalue weighted by molar-refractivity contribution is 5.92. The van der Waals surface area contributed by atoms with Gasteiger partial charge in [-0.3, -0.25) is 4.79 Å². The molecule has 0 bridgehead atoms. The van der Waals surface area contributed by atoms with E-state index in [-0.39, 0.29) is 11.9 Å². The predicted molar refractivity (Wildman–Crippen MR) is 62.1 cm³/mol. The van der Waals surface area contributed by atoms with E-state index in [9.17, 15) is 9.59 Å². The minimum Gasteiger partial charge on any atom is -0.479 e. The van der Waals surface area contributed by atoms with Crippen molar-refractivity contribution in [3.8, 4) is 0 Å². The fourth-order valence-electron chi connectivity index (χ4n) is 2.44. The molecule has 1 amide bonds. The predicted octanol–water partition coefficient (Wildman–Crippen LogP) is 0.122. The van der Waals surface area contributed by atoms with Crippen LogP contribution < -0.4 is 5.32 Å². The second-order valence-electron chi connectivity index (χ2n) is 4.70. The smallest absolute Gasteiger partial charge is 0.336 e. The van der Waals surface area contributed by atoms with Crippen LogP contribution in [-0.4, -0.2) is 35.2 Å². The summed E-state index contributed by atoms with van der Waals surface area (Å²) >= 11 is 0. The molecule has 2 N–H and O–H groups in total. The highest BCUT2D eigenvalue weighted by Crippen LogP contribution is 2.25. The third-order valence-corrected chi connectivity index (χ3v) is 3.39. The minimum absolute atomic E-state index is 0.0496. The molecule has 0 aromatic heterocycles. The maximum Gasteiger partial charge on any atom is 0.336 e. The Morgan fingerprint density at radius 2 is 1.78 bits per heavy atom. The number of hydrogen-bond donors (Lipinski definition) is 2. The van der Waals surface area contributed by atoms with E-state index >= 15 is 0 Å². The largest absolute Gasteiger partial charge is 0.479 e. The van der Waals surface area contributed by atoms with Crippen LogP contribution in [-0.2, 0) is 27.2 Å². The number of epoxide rings is 1. The number of amides is 1. The van der Waals surface area contributed by atoms with Crippen LogP contribution in [0.25, 0.3) is 0 Å². The molecule has 1 aromatic carbocycles. The number of nitrogens with one attached hydrogen (secondary N) is 1. The van der Waals surface area contributed by atoms with Gasteiger partial charge in [-0.1, -0.05) is 24.3 Å². The van der Waals surface area contributed by atoms with Crippen LogP contribution in [0.5, 0.6) is 0 Å². The third kappa shape index (κ3) is 1.97. The van der Waals surface area contributed by atoms with E-state index < -0.39 is 18.2 Å². The lowest BCUT2D eigenvalue weighted by Gasteiger charge is -2.10. The molecule has 1 aliphatic heterocycles. The molecule has 0 radical (unpaired) electrons. The van der Waals surface area contributed by atoms with E-state index in [1.807, 2.05) is 12.1 Å². The van der Waals surface area contributed by atoms with Gasteiger partial charge in [0.1, 0.15) is 0 Å². The van der Waals surface area contributed by atoms with Crippen LogP contribution in [0.4, 0.5) is 0 Å². The van der Waals surface area contributed by atoms with Crippen molar-refractivity contribution in [2.24, 2.45) is 0 Å². The van der Waals surface area contributed by atoms with Crippen molar-refractivity contribution >= 4 is 11.9 Å². The number of ether oxygens (including phenoxy) is 1. The molecular formula is C13H13NO4. The summed E-state index contributed by atoms with van der Waals surface area (Å²) < 4.78 is 4.82. The van der Waals surface area contributed by atoms with Crippen molar-refractivity contribution in [2.45, 2.75) is 31.1 Å². The number of fused-ring (bicyclic) bond motifs is 1. The molecule has 1 heterocycles. The summed E-state index contributed by atoms with van der Waals surface area (Å²) in [5.74, 6) is -1.40. The Morgan fingerprint density at radius 3 is 2.28 bits per heavy atom. The number of carbonyl (C=O) groups excluding carboxylic acids is 1. The summed E-state index contributed by atoms with van der Waals surface area (Å²) in [4.78, 5) is 22.3. The van der Waals surface area contributed by atoms with Gasteiger partial charge in [0.25, 0.3) is 5.91 Å². The van der Waals surface area contributed by atoms with Gasteiger partial charge in [-0.15, -0.1) is 0 Å². The average molecular weight is 247 g/mol. The number of rotatable bonds is 3. The second kappa shape index (κ2) is 4.10. The molecule has 1 saturated heterocycles. The first kappa shape index (κ1) is 11.2. The van der Waals surface area contributed by atoms with Gasteiger partial charge in [0.2, 0.25) is 0 Å². The lowest BCUT2D eigenvalue weighted by molar-refractivity contribution is -0.138. The molecule has 1 aliphatic carbocycles. The molecule has 3 rings (SSSR count). The summed E-state index contributed by atoms with van der Waals surface area (Å²) in [5.41, 5.74) is 2.49. The van der Waals surface area contributed by atoms with Gasteiger partial charge in [0.05, 0.1) is 0 Å². The Labute approximate surface area is 104 Å². The monoisotopic (exact) mass is 247 g/mol. The van der Waals surface area contributed by atoms with E-state index in [0.717, 1.165) is 12.8 Å². The van der Waals surface area contributed by atoms with Crippen molar-refractivity contribution in [3.05, 3.63) is 35.4 Å². The number of carboxylic acid groups (broad SMARTS) is 1. The lowest BCUT2D eigenvalue weighted by atomic mass is 10.1. The highest BCUT2D eigenvalue weighted by atomic mass is 16.6. The molecule has 1 aromatic rings. The number of benzene rings is 1. The molecule has 5 heteroatoms. The molecule has 0 unspecified atom stereocenters. The molecule has 5 nitrogen and oxygen atoms in total. The Hall–Kier alpha value is -1.88. The zero-order valence-electron chi connectivity index (χ0n) is 9.63. The van der Waals surface area contributed by atoms with Crippen LogP contribution in [0.3, 0.4) is 0 Å². The van der Waals surface area contributed by atoms with Crippen molar-refractivity contribution in [3.63, 3.8) is 0 Å². The molecular weight excluding hydrogens is 234 g/mol. The summed E-state index contributed by atoms with van der Waals surface area (Å²) in [6.45, 7) is 0. The fourth-order valence-corrected chi connectivity index (χ4v) is 2.44. The molecule has 0 spiro atoms. The Balaban J connectivity index is 1.57. The number of carboxylic acids is 1. The Bertz CT molecular complexity index is 488. The number of carbonyl (C=O) groups is 2. The van der Waals surface area contributed by atoms with Crippen LogP contribution in [0, 0.1) is 0 Å². The van der Waals surface area contributed by atoms with E-state index in [1.165, 1.54) is 11.1 Å². The van der Waals surface area contributed by atoms with Crippen molar-refractivity contribution < 1.29 is 19.4 Å². The van der Waals surface area contributed by atoms with Gasteiger partial charge >= 0.3 is 5.97 Å². The minimum atomic E-state index is -1.08. The summed E-state index contributed by atoms with van der Waals surface area (Å²) in [6, 6.07) is 8.11. The zero-order valence-corrected chi connectivity index (χ0v) is 9.63. The van der Waals surface area contributed by atoms with Crippen LogP contribution in [0.1, 0.15) is 11.1 Å². The van der Waals surface area contributed by atoms with E-state index in [4.69, 9.17) is 9.84 Å². The van der Waals surface area contributed by atoms with Gasteiger partial charge in [-0.05, 0) is 24.0 Å². The first-order valence-corrected chi connectivity index (χ1v) is 5.90. The van der Waals surface area contributed by atoms with Crippen LogP contribution in [0.15, 0.2) is 24.3 Å². The molecule has 94 valence electrons. The molecule has 0 saturated carbocycles. The maximum atomic E-state index is 11.7. The normalized spacial score (nSPS) is 25.6. The summed E-state index contributed by atoms with van der Waals surface area (Å²) in [6.07, 6.45) is -0.182. The summed E-state index contributed by atoms with van der Waals surface area (Å²) in [7, 11) is 0. The lowest BCUT2D eigenvalue weighted by Crippen LogP contribution is -2.39. The molecule has 1 fully saturated rings. The number of aliphatic carboxylic acids is 1. The van der Waals surface area contributed by atoms with Gasteiger partial charge in [-0.2, -0.15) is 0 Å². The van der Waals surface area contributed by atoms with Gasteiger partial charge < -0.3 is 15.2 Å². The van der Waals surface area contributed by atoms with Crippen molar-refractivity contribution in [1.82, 2.24) is 5.32 Å². The van der Waals surface area contributed by atoms with E-state index in [0.29, 0.717) is 0 Å². The topological polar surface area (TPSA) is 78.9 Å². The fraction of sp³-hybridized carbons (Fsp3) is 0.385. The SMILES string of the molecule is O=C(O)[C@H]1O[C@@H]1C(=O)NC1Cc2ccccc2C1. The Morgan fingerprint density at radius 1 is 1.17 bits per heavy atom. The first-order valence-electron chi connectivity index (χ1n) is 5.90. The van der Waals surface area contributed by atoms with Crippen molar-refractivity contribution in [2.75, 3.05) is 0 Å². The van der Waals surface area contributed by atoms with Crippen LogP contribution >= 0.6 is 0 Å². The highest BCUT2D eigenvalue weighted by Gasteiger charge is 2.51. The second-order valence-corrected chi connectivity index (χ2v) is 4.70. The van der Waals surface area contributed by atoms with Gasteiger partial charge in [0, 0.05) is 6.04 Å². The zero-order chi connectivity index (χ0) is 12.7. The molecule has 2 aliphatic rings. The molecule has 2 atom stereocenters. The first-order chi connectivity index (χ1) is 8.65. The molecule has 18 heavy (non-hydrogen) atoms. The average Bonchev–Trinajstić information content (AvgIpc) is 3.04. The van der Waals surface area contributed by atoms with Gasteiger partial charge in [0.15, 0.2) is 12.2 Å². The van der Waals surface area contributed by atoms with Gasteiger partial charge in [-0.25, -0.2) is 4.79 Å². The Kier molecular flexibility index (Phi) is 2.56. The maximum absolute atomic E-state index is 11.7. The summed E-state index contributed by atoms with van der Waals surface area (Å²) in [5, 5.41) is 11.5. The van der Waals surface area contributed by atoms with Crippen molar-refractivity contribution in [1.29, 1.82) is 0 Å². The van der Waals surface area contributed by atoms with Crippen LogP contribution in [0.2, 0.25) is 0 Å². The van der Waals surface area contributed by atoms with E-state index in [2.05, 4.69) is 17.4 Å².